The fraction of sp³-hybridized carbons (Fsp3) is 0.923. The molecule has 0 fully saturated rings. The first kappa shape index (κ1) is 60.0. The Balaban J connectivity index is 0. The van der Waals surface area contributed by atoms with E-state index in [9.17, 15) is 19.2 Å². The minimum Gasteiger partial charge on any atom is -0.466 e. The Morgan fingerprint density at radius 3 is 0.600 bits per heavy atom. The highest BCUT2D eigenvalue weighted by Gasteiger charge is 2.08. The number of rotatable bonds is 42. The lowest BCUT2D eigenvalue weighted by atomic mass is 10.0. The minimum absolute atomic E-state index is 0.138. The van der Waals surface area contributed by atoms with Gasteiger partial charge in [0.25, 0.3) is 0 Å². The van der Waals surface area contributed by atoms with Gasteiger partial charge in [-0.1, -0.05) is 184 Å². The Bertz CT molecular complexity index is 808. The van der Waals surface area contributed by atoms with Gasteiger partial charge < -0.3 is 18.9 Å². The van der Waals surface area contributed by atoms with Crippen molar-refractivity contribution in [1.82, 2.24) is 0 Å². The molecule has 8 heteroatoms. The largest absolute Gasteiger partial charge is 0.466 e. The number of esters is 4. The molecule has 0 atom stereocenters. The molecular weight excluding hydrogens is 753 g/mol. The van der Waals surface area contributed by atoms with Gasteiger partial charge in [-0.15, -0.1) is 0 Å². The number of ether oxygens (including phenoxy) is 4. The first-order valence-corrected chi connectivity index (χ1v) is 25.5. The first-order chi connectivity index (χ1) is 28.8. The molecule has 0 aromatic rings. The van der Waals surface area contributed by atoms with Crippen LogP contribution in [0, 0.1) is 23.7 Å². The van der Waals surface area contributed by atoms with Crippen molar-refractivity contribution < 1.29 is 38.1 Å². The number of hydrogen-bond donors (Lipinski definition) is 0. The lowest BCUT2D eigenvalue weighted by Crippen LogP contribution is -2.08. The van der Waals surface area contributed by atoms with E-state index in [0.717, 1.165) is 75.0 Å². The molecule has 0 radical (unpaired) electrons. The highest BCUT2D eigenvalue weighted by Crippen LogP contribution is 2.14. The topological polar surface area (TPSA) is 105 Å². The maximum absolute atomic E-state index is 11.7. The Kier molecular flexibility index (Phi) is 46.4. The molecule has 0 N–H and O–H groups in total. The highest BCUT2D eigenvalue weighted by atomic mass is 16.5. The normalized spacial score (nSPS) is 11.3. The van der Waals surface area contributed by atoms with Gasteiger partial charge in [-0.05, 0) is 75.0 Å². The zero-order valence-corrected chi connectivity index (χ0v) is 41.0. The van der Waals surface area contributed by atoms with E-state index in [1.54, 1.807) is 0 Å². The van der Waals surface area contributed by atoms with Crippen LogP contribution in [-0.2, 0) is 38.1 Å². The molecule has 0 rings (SSSR count). The van der Waals surface area contributed by atoms with E-state index in [0.29, 0.717) is 77.8 Å². The number of unbranched alkanes of at least 4 members (excludes halogenated alkanes) is 18. The average Bonchev–Trinajstić information content (AvgIpc) is 3.19. The van der Waals surface area contributed by atoms with Crippen molar-refractivity contribution in [2.75, 3.05) is 26.4 Å². The van der Waals surface area contributed by atoms with Crippen molar-refractivity contribution in [3.8, 4) is 0 Å². The van der Waals surface area contributed by atoms with Crippen LogP contribution in [0.3, 0.4) is 0 Å². The third kappa shape index (κ3) is 53.9. The Labute approximate surface area is 371 Å². The smallest absolute Gasteiger partial charge is 0.305 e. The number of carbonyl (C=O) groups is 4. The molecule has 0 saturated heterocycles. The molecule has 0 unspecified atom stereocenters. The number of hydrogen-bond acceptors (Lipinski definition) is 8. The molecule has 0 aliphatic carbocycles. The second-order valence-electron chi connectivity index (χ2n) is 19.1. The number of carbonyl (C=O) groups excluding carboxylic acids is 4. The summed E-state index contributed by atoms with van der Waals surface area (Å²) in [5.74, 6) is 2.62. The molecule has 0 aliphatic rings. The standard InChI is InChI=1S/2C26H50O4/c2*1-23(2)17-11-7-5-9-15-21-29-25(27)19-13-14-20-26(28)30-22-16-10-6-8-12-18-24(3)4/h2*23-24H,5-22H2,1-4H3. The zero-order valence-electron chi connectivity index (χ0n) is 41.0. The van der Waals surface area contributed by atoms with E-state index in [4.69, 9.17) is 18.9 Å². The second-order valence-corrected chi connectivity index (χ2v) is 19.1. The van der Waals surface area contributed by atoms with E-state index in [1.165, 1.54) is 103 Å². The Hall–Kier alpha value is -2.12. The summed E-state index contributed by atoms with van der Waals surface area (Å²) in [5, 5.41) is 0. The van der Waals surface area contributed by atoms with E-state index in [1.807, 2.05) is 0 Å². The van der Waals surface area contributed by atoms with E-state index in [2.05, 4.69) is 55.4 Å². The van der Waals surface area contributed by atoms with Crippen molar-refractivity contribution in [3.63, 3.8) is 0 Å². The van der Waals surface area contributed by atoms with Crippen LogP contribution >= 0.6 is 0 Å². The first-order valence-electron chi connectivity index (χ1n) is 25.5. The molecule has 0 aromatic carbocycles. The Morgan fingerprint density at radius 1 is 0.250 bits per heavy atom. The van der Waals surface area contributed by atoms with Gasteiger partial charge in [-0.25, -0.2) is 0 Å². The van der Waals surface area contributed by atoms with Gasteiger partial charge in [0.15, 0.2) is 0 Å². The fourth-order valence-electron chi connectivity index (χ4n) is 6.85. The van der Waals surface area contributed by atoms with Crippen molar-refractivity contribution in [3.05, 3.63) is 0 Å². The highest BCUT2D eigenvalue weighted by molar-refractivity contribution is 5.71. The predicted molar refractivity (Wildman–Crippen MR) is 251 cm³/mol. The van der Waals surface area contributed by atoms with Crippen molar-refractivity contribution in [2.45, 2.75) is 261 Å². The van der Waals surface area contributed by atoms with Crippen LogP contribution < -0.4 is 0 Å². The van der Waals surface area contributed by atoms with Crippen LogP contribution in [0.2, 0.25) is 0 Å². The van der Waals surface area contributed by atoms with Crippen LogP contribution in [0.25, 0.3) is 0 Å². The van der Waals surface area contributed by atoms with Crippen LogP contribution in [0.5, 0.6) is 0 Å². The van der Waals surface area contributed by atoms with Gasteiger partial charge in [0.05, 0.1) is 26.4 Å². The summed E-state index contributed by atoms with van der Waals surface area (Å²) in [7, 11) is 0. The van der Waals surface area contributed by atoms with E-state index >= 15 is 0 Å². The van der Waals surface area contributed by atoms with Crippen molar-refractivity contribution in [2.24, 2.45) is 23.7 Å². The van der Waals surface area contributed by atoms with Gasteiger partial charge in [-0.3, -0.25) is 19.2 Å². The summed E-state index contributed by atoms with van der Waals surface area (Å²) in [6.45, 7) is 20.2. The van der Waals surface area contributed by atoms with Gasteiger partial charge in [0.2, 0.25) is 0 Å². The quantitative estimate of drug-likeness (QED) is 0.0340. The third-order valence-electron chi connectivity index (χ3n) is 10.8. The van der Waals surface area contributed by atoms with Gasteiger partial charge in [0, 0.05) is 25.7 Å². The molecule has 0 saturated carbocycles. The summed E-state index contributed by atoms with van der Waals surface area (Å²) in [5.41, 5.74) is 0. The lowest BCUT2D eigenvalue weighted by molar-refractivity contribution is -0.146. The molecule has 356 valence electrons. The maximum Gasteiger partial charge on any atom is 0.305 e. The monoisotopic (exact) mass is 853 g/mol. The molecule has 60 heavy (non-hydrogen) atoms. The summed E-state index contributed by atoms with van der Waals surface area (Å²) >= 11 is 0. The van der Waals surface area contributed by atoms with Gasteiger partial charge in [0.1, 0.15) is 0 Å². The summed E-state index contributed by atoms with van der Waals surface area (Å²) in [6.07, 6.45) is 33.2. The SMILES string of the molecule is CC(C)CCCCCCCOC(=O)CCCCC(=O)OCCCCCCCC(C)C.CC(C)CCCCCCCOC(=O)CCCCC(=O)OCCCCCCCC(C)C. The van der Waals surface area contributed by atoms with Gasteiger partial charge >= 0.3 is 23.9 Å². The maximum atomic E-state index is 11.7. The predicted octanol–water partition coefficient (Wildman–Crippen LogP) is 15.3. The van der Waals surface area contributed by atoms with E-state index < -0.39 is 0 Å². The van der Waals surface area contributed by atoms with Crippen molar-refractivity contribution >= 4 is 23.9 Å². The van der Waals surface area contributed by atoms with Crippen LogP contribution in [0.15, 0.2) is 0 Å². The van der Waals surface area contributed by atoms with Crippen LogP contribution in [0.1, 0.15) is 261 Å². The molecule has 8 nitrogen and oxygen atoms in total. The molecule has 0 amide bonds. The molecular formula is C52H100O8. The van der Waals surface area contributed by atoms with Crippen LogP contribution in [0.4, 0.5) is 0 Å². The molecule has 0 bridgehead atoms. The lowest BCUT2D eigenvalue weighted by Gasteiger charge is -2.07. The summed E-state index contributed by atoms with van der Waals surface area (Å²) < 4.78 is 21.1. The fourth-order valence-corrected chi connectivity index (χ4v) is 6.85. The Morgan fingerprint density at radius 2 is 0.417 bits per heavy atom. The third-order valence-corrected chi connectivity index (χ3v) is 10.8. The minimum atomic E-state index is -0.138. The van der Waals surface area contributed by atoms with Gasteiger partial charge in [-0.2, -0.15) is 0 Å². The molecule has 0 aromatic heterocycles. The molecule has 0 aliphatic heterocycles. The molecule has 0 heterocycles. The summed E-state index contributed by atoms with van der Waals surface area (Å²) in [6, 6.07) is 0. The summed E-state index contributed by atoms with van der Waals surface area (Å²) in [4.78, 5) is 46.9. The second kappa shape index (κ2) is 46.4. The average molecular weight is 853 g/mol. The zero-order chi connectivity index (χ0) is 44.9. The van der Waals surface area contributed by atoms with Crippen LogP contribution in [-0.4, -0.2) is 50.3 Å². The van der Waals surface area contributed by atoms with Crippen molar-refractivity contribution in [1.29, 1.82) is 0 Å². The van der Waals surface area contributed by atoms with E-state index in [-0.39, 0.29) is 23.9 Å². The molecule has 0 spiro atoms.